The number of benzene rings is 7. The molecule has 7 aromatic carbocycles. The zero-order chi connectivity index (χ0) is 49.9. The molecule has 12 nitrogen and oxygen atoms in total. The van der Waals surface area contributed by atoms with Crippen molar-refractivity contribution < 1.29 is 57.2 Å². The lowest BCUT2D eigenvalue weighted by molar-refractivity contribution is -0.369. The van der Waals surface area contributed by atoms with Gasteiger partial charge in [-0.2, -0.15) is 0 Å². The summed E-state index contributed by atoms with van der Waals surface area (Å²) in [5.41, 5.74) is 5.67. The van der Waals surface area contributed by atoms with Crippen LogP contribution in [0.1, 0.15) is 33.4 Å². The molecule has 9 rings (SSSR count). The van der Waals surface area contributed by atoms with Crippen molar-refractivity contribution >= 4 is 0 Å². The average molecular weight is 989 g/mol. The lowest BCUT2D eigenvalue weighted by atomic mass is 9.96. The Balaban J connectivity index is 1.09. The van der Waals surface area contributed by atoms with Gasteiger partial charge in [0, 0.05) is 0 Å². The summed E-state index contributed by atoms with van der Waals surface area (Å²) in [6.07, 6.45) is -9.89. The number of aliphatic hydroxyl groups excluding tert-OH is 1. The second-order valence-corrected chi connectivity index (χ2v) is 18.0. The first-order valence-electron chi connectivity index (χ1n) is 24.9. The Labute approximate surface area is 428 Å². The van der Waals surface area contributed by atoms with Crippen molar-refractivity contribution in [2.75, 3.05) is 20.3 Å². The van der Waals surface area contributed by atoms with Crippen LogP contribution in [0, 0.1) is 0 Å². The van der Waals surface area contributed by atoms with E-state index >= 15 is 0 Å². The van der Waals surface area contributed by atoms with Gasteiger partial charge < -0.3 is 57.2 Å². The van der Waals surface area contributed by atoms with E-state index in [1.54, 1.807) is 7.11 Å². The fourth-order valence-corrected chi connectivity index (χ4v) is 8.90. The van der Waals surface area contributed by atoms with Crippen molar-refractivity contribution in [1.29, 1.82) is 0 Å². The first-order chi connectivity index (χ1) is 36.1. The van der Waals surface area contributed by atoms with Gasteiger partial charge in [-0.05, 0) is 57.6 Å². The molecule has 2 saturated heterocycles. The number of ether oxygens (including phenoxy) is 11. The monoisotopic (exact) mass is 988 g/mol. The normalized spacial score (nSPS) is 23.9. The standard InChI is InChI=1S/C61H64O12/c1-63-50-32-34-51(35-33-50)70-61-59(69-41-49-30-18-7-19-31-49)58(68-40-48-28-16-6-17-29-48)56(53(72-61)43-65-37-45-22-10-3-11-23-45)73-60-57(67-39-47-26-14-5-15-27-47)54(62)55(66-38-46-24-12-4-13-25-46)52(71-60)42-64-36-44-20-8-2-9-21-44/h2-35,52-62H,36-43H2,1H3/t52-,53-,54+,55+,56-,57-,58+,59-,60+,61-/m1/s1. The highest BCUT2D eigenvalue weighted by atomic mass is 16.8. The largest absolute Gasteiger partial charge is 0.497 e. The van der Waals surface area contributed by atoms with Gasteiger partial charge in [0.05, 0.1) is 60.0 Å². The second kappa shape index (κ2) is 27.2. The number of hydrogen-bond donors (Lipinski definition) is 1. The molecule has 73 heavy (non-hydrogen) atoms. The quantitative estimate of drug-likeness (QED) is 0.0587. The molecule has 0 aliphatic carbocycles. The summed E-state index contributed by atoms with van der Waals surface area (Å²) in [7, 11) is 1.62. The Morgan fingerprint density at radius 3 is 1.12 bits per heavy atom. The van der Waals surface area contributed by atoms with Crippen molar-refractivity contribution in [3.63, 3.8) is 0 Å². The number of aliphatic hydroxyl groups is 1. The van der Waals surface area contributed by atoms with Gasteiger partial charge in [0.1, 0.15) is 60.3 Å². The Hall–Kier alpha value is -6.26. The van der Waals surface area contributed by atoms with Gasteiger partial charge in [-0.3, -0.25) is 0 Å². The molecule has 0 amide bonds. The van der Waals surface area contributed by atoms with Crippen LogP contribution in [0.4, 0.5) is 0 Å². The molecule has 0 radical (unpaired) electrons. The number of rotatable bonds is 25. The van der Waals surface area contributed by atoms with Gasteiger partial charge in [0.15, 0.2) is 6.29 Å². The van der Waals surface area contributed by atoms with Gasteiger partial charge in [-0.1, -0.05) is 182 Å². The van der Waals surface area contributed by atoms with Gasteiger partial charge in [0.2, 0.25) is 6.29 Å². The van der Waals surface area contributed by atoms with Crippen molar-refractivity contribution in [2.45, 2.75) is 101 Å². The highest BCUT2D eigenvalue weighted by Crippen LogP contribution is 2.36. The molecule has 0 saturated carbocycles. The van der Waals surface area contributed by atoms with Gasteiger partial charge in [-0.15, -0.1) is 0 Å². The van der Waals surface area contributed by atoms with Crippen LogP contribution in [-0.4, -0.2) is 86.8 Å². The van der Waals surface area contributed by atoms with E-state index in [0.717, 1.165) is 33.4 Å². The topological polar surface area (TPSA) is 122 Å². The summed E-state index contributed by atoms with van der Waals surface area (Å²) in [5.74, 6) is 1.20. The number of hydrogen-bond acceptors (Lipinski definition) is 12. The minimum Gasteiger partial charge on any atom is -0.497 e. The maximum atomic E-state index is 12.7. The van der Waals surface area contributed by atoms with E-state index in [0.29, 0.717) is 24.7 Å². The Morgan fingerprint density at radius 1 is 0.356 bits per heavy atom. The van der Waals surface area contributed by atoms with Crippen LogP contribution in [-0.2, 0) is 82.3 Å². The van der Waals surface area contributed by atoms with Crippen LogP contribution >= 0.6 is 0 Å². The van der Waals surface area contributed by atoms with E-state index < -0.39 is 61.4 Å². The molecule has 0 aromatic heterocycles. The molecule has 1 N–H and O–H groups in total. The molecule has 380 valence electrons. The van der Waals surface area contributed by atoms with Crippen molar-refractivity contribution in [3.05, 3.63) is 240 Å². The highest BCUT2D eigenvalue weighted by molar-refractivity contribution is 5.31. The third kappa shape index (κ3) is 14.9. The maximum Gasteiger partial charge on any atom is 0.229 e. The third-order valence-corrected chi connectivity index (χ3v) is 12.7. The fraction of sp³-hybridized carbons (Fsp3) is 0.311. The minimum atomic E-state index is -1.26. The van der Waals surface area contributed by atoms with E-state index in [1.807, 2.05) is 206 Å². The molecule has 0 unspecified atom stereocenters. The van der Waals surface area contributed by atoms with Crippen molar-refractivity contribution in [2.24, 2.45) is 0 Å². The molecule has 2 aliphatic heterocycles. The number of methoxy groups -OCH3 is 1. The summed E-state index contributed by atoms with van der Waals surface area (Å²) in [6.45, 7) is 1.47. The molecule has 10 atom stereocenters. The van der Waals surface area contributed by atoms with E-state index in [9.17, 15) is 5.11 Å². The average Bonchev–Trinajstić information content (AvgIpc) is 3.44. The summed E-state index contributed by atoms with van der Waals surface area (Å²) in [5, 5.41) is 12.7. The SMILES string of the molecule is COc1ccc(O[C@@H]2O[C@H](COCc3ccccc3)[C@@H](O[C@@H]3O[C@H](COCc4ccccc4)[C@H](OCc4ccccc4)[C@H](O)[C@H]3OCc3ccccc3)[C@H](OCc3ccccc3)[C@H]2OCc2ccccc2)cc1. The summed E-state index contributed by atoms with van der Waals surface area (Å²) >= 11 is 0. The summed E-state index contributed by atoms with van der Waals surface area (Å²) in [4.78, 5) is 0. The van der Waals surface area contributed by atoms with E-state index in [1.165, 1.54) is 0 Å². The highest BCUT2D eigenvalue weighted by Gasteiger charge is 2.54. The van der Waals surface area contributed by atoms with Gasteiger partial charge in [-0.25, -0.2) is 0 Å². The second-order valence-electron chi connectivity index (χ2n) is 18.0. The van der Waals surface area contributed by atoms with Crippen LogP contribution in [0.2, 0.25) is 0 Å². The van der Waals surface area contributed by atoms with Crippen LogP contribution in [0.15, 0.2) is 206 Å². The Bertz CT molecular complexity index is 2600. The zero-order valence-corrected chi connectivity index (χ0v) is 41.0. The minimum absolute atomic E-state index is 0.0515. The lowest BCUT2D eigenvalue weighted by Crippen LogP contribution is -2.66. The van der Waals surface area contributed by atoms with Crippen LogP contribution < -0.4 is 9.47 Å². The van der Waals surface area contributed by atoms with Crippen LogP contribution in [0.3, 0.4) is 0 Å². The lowest BCUT2D eigenvalue weighted by Gasteiger charge is -2.49. The van der Waals surface area contributed by atoms with Gasteiger partial charge in [0.25, 0.3) is 0 Å². The maximum absolute atomic E-state index is 12.7. The van der Waals surface area contributed by atoms with E-state index in [4.69, 9.17) is 52.1 Å². The molecule has 2 fully saturated rings. The predicted molar refractivity (Wildman–Crippen MR) is 274 cm³/mol. The van der Waals surface area contributed by atoms with Crippen molar-refractivity contribution in [3.8, 4) is 11.5 Å². The summed E-state index contributed by atoms with van der Waals surface area (Å²) in [6, 6.07) is 66.5. The fourth-order valence-electron chi connectivity index (χ4n) is 8.90. The summed E-state index contributed by atoms with van der Waals surface area (Å²) < 4.78 is 73.9. The van der Waals surface area contributed by atoms with Gasteiger partial charge >= 0.3 is 0 Å². The van der Waals surface area contributed by atoms with E-state index in [-0.39, 0.29) is 39.6 Å². The van der Waals surface area contributed by atoms with Crippen LogP contribution in [0.5, 0.6) is 11.5 Å². The van der Waals surface area contributed by atoms with Crippen LogP contribution in [0.25, 0.3) is 0 Å². The molecular weight excluding hydrogens is 925 g/mol. The predicted octanol–water partition coefficient (Wildman–Crippen LogP) is 10.0. The molecule has 0 bridgehead atoms. The first-order valence-corrected chi connectivity index (χ1v) is 24.9. The smallest absolute Gasteiger partial charge is 0.229 e. The van der Waals surface area contributed by atoms with E-state index in [2.05, 4.69) is 0 Å². The molecule has 0 spiro atoms. The first kappa shape index (κ1) is 51.6. The van der Waals surface area contributed by atoms with Crippen molar-refractivity contribution in [1.82, 2.24) is 0 Å². The third-order valence-electron chi connectivity index (χ3n) is 12.7. The Morgan fingerprint density at radius 2 is 0.699 bits per heavy atom. The molecule has 7 aromatic rings. The molecule has 2 heterocycles. The zero-order valence-electron chi connectivity index (χ0n) is 41.0. The molecule has 2 aliphatic rings. The molecular formula is C61H64O12. The molecule has 12 heteroatoms. The Kier molecular flexibility index (Phi) is 19.2.